The number of aliphatic hydroxyl groups excluding tert-OH is 1. The minimum atomic E-state index is -0.838. The third kappa shape index (κ3) is 3.64. The highest BCUT2D eigenvalue weighted by atomic mass is 16.3. The van der Waals surface area contributed by atoms with Crippen molar-refractivity contribution in [3.8, 4) is 0 Å². The van der Waals surface area contributed by atoms with Crippen LogP contribution >= 0.6 is 0 Å². The van der Waals surface area contributed by atoms with Crippen molar-refractivity contribution in [2.45, 2.75) is 25.9 Å². The van der Waals surface area contributed by atoms with Crippen molar-refractivity contribution in [2.75, 3.05) is 6.61 Å². The van der Waals surface area contributed by atoms with E-state index >= 15 is 0 Å². The van der Waals surface area contributed by atoms with Gasteiger partial charge in [0.1, 0.15) is 6.04 Å². The maximum absolute atomic E-state index is 11.3. The molecule has 0 heterocycles. The Hall–Kier alpha value is -1.39. The lowest BCUT2D eigenvalue weighted by molar-refractivity contribution is -0.123. The van der Waals surface area contributed by atoms with E-state index in [1.807, 2.05) is 24.3 Å². The zero-order valence-corrected chi connectivity index (χ0v) is 9.44. The van der Waals surface area contributed by atoms with E-state index in [2.05, 4.69) is 12.2 Å². The maximum atomic E-state index is 11.3. The van der Waals surface area contributed by atoms with Crippen LogP contribution in [0.4, 0.5) is 0 Å². The molecule has 0 aliphatic heterocycles. The van der Waals surface area contributed by atoms with Crippen LogP contribution in [-0.4, -0.2) is 23.7 Å². The predicted octanol–water partition coefficient (Wildman–Crippen LogP) is 0.185. The van der Waals surface area contributed by atoms with Crippen molar-refractivity contribution in [1.82, 2.24) is 5.32 Å². The lowest BCUT2D eigenvalue weighted by Gasteiger charge is -2.09. The molecule has 0 aliphatic rings. The average molecular weight is 222 g/mol. The first kappa shape index (κ1) is 12.7. The molecular formula is C12H18N2O2. The Kier molecular flexibility index (Phi) is 4.95. The van der Waals surface area contributed by atoms with Crippen molar-refractivity contribution in [3.05, 3.63) is 35.4 Å². The fourth-order valence-electron chi connectivity index (χ4n) is 1.30. The van der Waals surface area contributed by atoms with Crippen LogP contribution in [0.2, 0.25) is 0 Å². The molecule has 0 saturated carbocycles. The molecule has 1 atom stereocenters. The molecule has 0 spiro atoms. The quantitative estimate of drug-likeness (QED) is 0.665. The summed E-state index contributed by atoms with van der Waals surface area (Å²) in [6.07, 6.45) is 1.00. The molecule has 1 aromatic carbocycles. The fraction of sp³-hybridized carbons (Fsp3) is 0.417. The Morgan fingerprint density at radius 3 is 2.44 bits per heavy atom. The first-order chi connectivity index (χ1) is 7.67. The summed E-state index contributed by atoms with van der Waals surface area (Å²) >= 11 is 0. The highest BCUT2D eigenvalue weighted by Gasteiger charge is 2.10. The summed E-state index contributed by atoms with van der Waals surface area (Å²) in [5.74, 6) is -0.331. The largest absolute Gasteiger partial charge is 0.394 e. The summed E-state index contributed by atoms with van der Waals surface area (Å²) in [5, 5.41) is 11.3. The number of benzene rings is 1. The summed E-state index contributed by atoms with van der Waals surface area (Å²) < 4.78 is 0. The van der Waals surface area contributed by atoms with Gasteiger partial charge in [0, 0.05) is 6.54 Å². The van der Waals surface area contributed by atoms with Crippen molar-refractivity contribution < 1.29 is 9.90 Å². The summed E-state index contributed by atoms with van der Waals surface area (Å²) in [7, 11) is 0. The number of hydrogen-bond acceptors (Lipinski definition) is 3. The van der Waals surface area contributed by atoms with E-state index in [9.17, 15) is 4.79 Å². The summed E-state index contributed by atoms with van der Waals surface area (Å²) in [6, 6.07) is 7.18. The third-order valence-electron chi connectivity index (χ3n) is 2.43. The highest BCUT2D eigenvalue weighted by Crippen LogP contribution is 2.04. The number of aryl methyl sites for hydroxylation is 1. The van der Waals surface area contributed by atoms with E-state index in [4.69, 9.17) is 10.8 Å². The Balaban J connectivity index is 2.45. The number of aliphatic hydroxyl groups is 1. The average Bonchev–Trinajstić information content (AvgIpc) is 2.35. The molecule has 0 aromatic heterocycles. The lowest BCUT2D eigenvalue weighted by Crippen LogP contribution is -2.42. The van der Waals surface area contributed by atoms with Gasteiger partial charge < -0.3 is 16.2 Å². The highest BCUT2D eigenvalue weighted by molar-refractivity contribution is 5.81. The van der Waals surface area contributed by atoms with Crippen LogP contribution in [0.3, 0.4) is 0 Å². The van der Waals surface area contributed by atoms with Gasteiger partial charge >= 0.3 is 0 Å². The second-order valence-corrected chi connectivity index (χ2v) is 3.68. The van der Waals surface area contributed by atoms with Gasteiger partial charge in [0.15, 0.2) is 0 Å². The number of rotatable bonds is 5. The van der Waals surface area contributed by atoms with Crippen LogP contribution < -0.4 is 11.1 Å². The molecule has 1 amide bonds. The fourth-order valence-corrected chi connectivity index (χ4v) is 1.30. The normalized spacial score (nSPS) is 12.2. The van der Waals surface area contributed by atoms with Crippen molar-refractivity contribution >= 4 is 5.91 Å². The first-order valence-corrected chi connectivity index (χ1v) is 5.39. The number of nitrogens with one attached hydrogen (secondary N) is 1. The smallest absolute Gasteiger partial charge is 0.239 e. The second kappa shape index (κ2) is 6.25. The van der Waals surface area contributed by atoms with Gasteiger partial charge in [-0.05, 0) is 17.5 Å². The van der Waals surface area contributed by atoms with E-state index in [-0.39, 0.29) is 12.5 Å². The monoisotopic (exact) mass is 222 g/mol. The van der Waals surface area contributed by atoms with Gasteiger partial charge in [-0.15, -0.1) is 0 Å². The third-order valence-corrected chi connectivity index (χ3v) is 2.43. The van der Waals surface area contributed by atoms with Crippen molar-refractivity contribution in [1.29, 1.82) is 0 Å². The summed E-state index contributed by atoms with van der Waals surface area (Å²) in [5.41, 5.74) is 7.65. The molecule has 16 heavy (non-hydrogen) atoms. The van der Waals surface area contributed by atoms with Crippen LogP contribution in [0.5, 0.6) is 0 Å². The van der Waals surface area contributed by atoms with Crippen LogP contribution in [0.1, 0.15) is 18.1 Å². The van der Waals surface area contributed by atoms with Crippen LogP contribution in [0.25, 0.3) is 0 Å². The van der Waals surface area contributed by atoms with Gasteiger partial charge in [0.25, 0.3) is 0 Å². The van der Waals surface area contributed by atoms with Gasteiger partial charge in [0.05, 0.1) is 6.61 Å². The predicted molar refractivity (Wildman–Crippen MR) is 62.7 cm³/mol. The molecule has 0 aliphatic carbocycles. The molecule has 88 valence electrons. The maximum Gasteiger partial charge on any atom is 0.239 e. The SMILES string of the molecule is CCc1ccc(CNC(=O)C(N)CO)cc1. The van der Waals surface area contributed by atoms with Crippen LogP contribution in [-0.2, 0) is 17.8 Å². The van der Waals surface area contributed by atoms with Gasteiger partial charge in [0.2, 0.25) is 5.91 Å². The zero-order valence-electron chi connectivity index (χ0n) is 9.44. The van der Waals surface area contributed by atoms with Gasteiger partial charge in [-0.2, -0.15) is 0 Å². The molecule has 0 fully saturated rings. The Morgan fingerprint density at radius 1 is 1.38 bits per heavy atom. The minimum Gasteiger partial charge on any atom is -0.394 e. The molecule has 4 heteroatoms. The van der Waals surface area contributed by atoms with Crippen molar-refractivity contribution in [2.24, 2.45) is 5.73 Å². The molecule has 1 rings (SSSR count). The van der Waals surface area contributed by atoms with E-state index in [1.54, 1.807) is 0 Å². The molecular weight excluding hydrogens is 204 g/mol. The van der Waals surface area contributed by atoms with E-state index in [0.717, 1.165) is 12.0 Å². The standard InChI is InChI=1S/C12H18N2O2/c1-2-9-3-5-10(6-4-9)7-14-12(16)11(13)8-15/h3-6,11,15H,2,7-8,13H2,1H3,(H,14,16). The molecule has 4 N–H and O–H groups in total. The second-order valence-electron chi connectivity index (χ2n) is 3.68. The van der Waals surface area contributed by atoms with Gasteiger partial charge in [-0.3, -0.25) is 4.79 Å². The molecule has 0 radical (unpaired) electrons. The van der Waals surface area contributed by atoms with E-state index in [0.29, 0.717) is 6.54 Å². The number of amides is 1. The topological polar surface area (TPSA) is 75.4 Å². The summed E-state index contributed by atoms with van der Waals surface area (Å²) in [4.78, 5) is 11.3. The Bertz CT molecular complexity index is 335. The molecule has 1 aromatic rings. The molecule has 0 saturated heterocycles. The molecule has 4 nitrogen and oxygen atoms in total. The Labute approximate surface area is 95.5 Å². The number of carbonyl (C=O) groups excluding carboxylic acids is 1. The van der Waals surface area contributed by atoms with Gasteiger partial charge in [-0.1, -0.05) is 31.2 Å². The first-order valence-electron chi connectivity index (χ1n) is 5.39. The molecule has 1 unspecified atom stereocenters. The zero-order chi connectivity index (χ0) is 12.0. The lowest BCUT2D eigenvalue weighted by atomic mass is 10.1. The number of carbonyl (C=O) groups is 1. The summed E-state index contributed by atoms with van der Waals surface area (Å²) in [6.45, 7) is 2.20. The van der Waals surface area contributed by atoms with E-state index in [1.165, 1.54) is 5.56 Å². The van der Waals surface area contributed by atoms with Crippen LogP contribution in [0, 0.1) is 0 Å². The van der Waals surface area contributed by atoms with E-state index < -0.39 is 6.04 Å². The van der Waals surface area contributed by atoms with Crippen LogP contribution in [0.15, 0.2) is 24.3 Å². The number of nitrogens with two attached hydrogens (primary N) is 1. The van der Waals surface area contributed by atoms with Gasteiger partial charge in [-0.25, -0.2) is 0 Å². The number of hydrogen-bond donors (Lipinski definition) is 3. The Morgan fingerprint density at radius 2 is 1.94 bits per heavy atom. The van der Waals surface area contributed by atoms with Crippen molar-refractivity contribution in [3.63, 3.8) is 0 Å². The minimum absolute atomic E-state index is 0.331. The molecule has 0 bridgehead atoms.